The van der Waals surface area contributed by atoms with E-state index in [9.17, 15) is 14.0 Å². The molecule has 0 fully saturated rings. The first kappa shape index (κ1) is 16.8. The summed E-state index contributed by atoms with van der Waals surface area (Å²) in [5, 5.41) is 2.60. The van der Waals surface area contributed by atoms with Crippen LogP contribution < -0.4 is 5.32 Å². The van der Waals surface area contributed by atoms with Gasteiger partial charge in [0.15, 0.2) is 12.2 Å². The number of benzene rings is 1. The van der Waals surface area contributed by atoms with Crippen LogP contribution in [0.5, 0.6) is 0 Å². The zero-order valence-corrected chi connectivity index (χ0v) is 13.8. The number of nitrogens with zero attached hydrogens (tertiary/aromatic N) is 1. The van der Waals surface area contributed by atoms with E-state index in [-0.39, 0.29) is 12.4 Å². The molecule has 0 unspecified atom stereocenters. The molecule has 0 radical (unpaired) electrons. The van der Waals surface area contributed by atoms with Crippen molar-refractivity contribution in [3.63, 3.8) is 0 Å². The highest BCUT2D eigenvalue weighted by Gasteiger charge is 2.18. The Labute approximate surface area is 143 Å². The first-order valence-corrected chi connectivity index (χ1v) is 7.68. The van der Waals surface area contributed by atoms with Crippen molar-refractivity contribution in [1.29, 1.82) is 0 Å². The van der Waals surface area contributed by atoms with Gasteiger partial charge in [0.2, 0.25) is 0 Å². The summed E-state index contributed by atoms with van der Waals surface area (Å²) < 4.78 is 25.0. The highest BCUT2D eigenvalue weighted by atomic mass is 19.1. The Morgan fingerprint density at radius 2 is 1.96 bits per heavy atom. The molecular formula is C18H17FN2O4. The predicted octanol–water partition coefficient (Wildman–Crippen LogP) is 2.69. The molecule has 3 rings (SSSR count). The van der Waals surface area contributed by atoms with Crippen LogP contribution in [0.4, 0.5) is 4.39 Å². The van der Waals surface area contributed by atoms with Gasteiger partial charge in [-0.2, -0.15) is 0 Å². The lowest BCUT2D eigenvalue weighted by atomic mass is 10.2. The standard InChI is InChI=1S/C18H17FN2O4/c1-11-7-14-16(25-11)8-15(21(14)2)18(23)24-10-17(22)20-9-12-3-5-13(19)6-4-12/h3-8H,9-10H2,1-2H3,(H,20,22). The van der Waals surface area contributed by atoms with Crippen LogP contribution in [0, 0.1) is 12.7 Å². The summed E-state index contributed by atoms with van der Waals surface area (Å²) >= 11 is 0. The first-order valence-electron chi connectivity index (χ1n) is 7.68. The number of halogens is 1. The third-order valence-electron chi connectivity index (χ3n) is 3.80. The molecule has 0 atom stereocenters. The molecule has 0 saturated carbocycles. The lowest BCUT2D eigenvalue weighted by Crippen LogP contribution is -2.28. The average Bonchev–Trinajstić information content (AvgIpc) is 3.10. The first-order chi connectivity index (χ1) is 11.9. The monoisotopic (exact) mass is 344 g/mol. The second kappa shape index (κ2) is 6.80. The third-order valence-corrected chi connectivity index (χ3v) is 3.80. The molecule has 0 spiro atoms. The molecule has 130 valence electrons. The minimum atomic E-state index is -0.608. The van der Waals surface area contributed by atoms with E-state index in [1.165, 1.54) is 12.1 Å². The predicted molar refractivity (Wildman–Crippen MR) is 88.5 cm³/mol. The number of hydrogen-bond acceptors (Lipinski definition) is 4. The van der Waals surface area contributed by atoms with E-state index in [4.69, 9.17) is 9.15 Å². The topological polar surface area (TPSA) is 73.5 Å². The van der Waals surface area contributed by atoms with Gasteiger partial charge in [-0.25, -0.2) is 9.18 Å². The number of ether oxygens (including phenoxy) is 1. The Morgan fingerprint density at radius 1 is 1.24 bits per heavy atom. The SMILES string of the molecule is Cc1cc2c(cc(C(=O)OCC(=O)NCc3ccc(F)cc3)n2C)o1. The van der Waals surface area contributed by atoms with Gasteiger partial charge < -0.3 is 19.0 Å². The van der Waals surface area contributed by atoms with Crippen LogP contribution in [0.2, 0.25) is 0 Å². The van der Waals surface area contributed by atoms with Gasteiger partial charge in [-0.05, 0) is 24.6 Å². The number of amides is 1. The smallest absolute Gasteiger partial charge is 0.355 e. The Morgan fingerprint density at radius 3 is 2.64 bits per heavy atom. The number of aryl methyl sites for hydroxylation is 2. The fourth-order valence-corrected chi connectivity index (χ4v) is 2.49. The molecule has 7 heteroatoms. The molecule has 1 amide bonds. The van der Waals surface area contributed by atoms with Crippen molar-refractivity contribution < 1.29 is 23.1 Å². The zero-order valence-electron chi connectivity index (χ0n) is 13.8. The van der Waals surface area contributed by atoms with E-state index in [1.807, 2.05) is 13.0 Å². The van der Waals surface area contributed by atoms with Gasteiger partial charge in [0.05, 0.1) is 5.52 Å². The van der Waals surface area contributed by atoms with Gasteiger partial charge >= 0.3 is 5.97 Å². The summed E-state index contributed by atoms with van der Waals surface area (Å²) in [4.78, 5) is 23.9. The van der Waals surface area contributed by atoms with E-state index in [0.717, 1.165) is 16.8 Å². The van der Waals surface area contributed by atoms with Crippen molar-refractivity contribution in [2.24, 2.45) is 7.05 Å². The third kappa shape index (κ3) is 3.71. The maximum atomic E-state index is 12.8. The molecule has 0 aliphatic carbocycles. The Balaban J connectivity index is 1.54. The number of furan rings is 1. The molecular weight excluding hydrogens is 327 g/mol. The molecule has 0 bridgehead atoms. The fraction of sp³-hybridized carbons (Fsp3) is 0.222. The van der Waals surface area contributed by atoms with Crippen molar-refractivity contribution in [3.8, 4) is 0 Å². The quantitative estimate of drug-likeness (QED) is 0.722. The molecule has 1 N–H and O–H groups in total. The molecule has 2 aromatic heterocycles. The minimum Gasteiger partial charge on any atom is -0.460 e. The number of esters is 1. The summed E-state index contributed by atoms with van der Waals surface area (Å²) in [5.74, 6) is -0.636. The number of rotatable bonds is 5. The molecule has 0 aliphatic rings. The average molecular weight is 344 g/mol. The maximum Gasteiger partial charge on any atom is 0.355 e. The second-order valence-corrected chi connectivity index (χ2v) is 5.67. The van der Waals surface area contributed by atoms with Gasteiger partial charge in [-0.1, -0.05) is 12.1 Å². The number of fused-ring (bicyclic) bond motifs is 1. The largest absolute Gasteiger partial charge is 0.460 e. The van der Waals surface area contributed by atoms with Crippen LogP contribution in [0.15, 0.2) is 40.8 Å². The number of hydrogen-bond donors (Lipinski definition) is 1. The van der Waals surface area contributed by atoms with E-state index >= 15 is 0 Å². The van der Waals surface area contributed by atoms with Gasteiger partial charge in [0.1, 0.15) is 17.3 Å². The van der Waals surface area contributed by atoms with Gasteiger partial charge in [0.25, 0.3) is 5.91 Å². The number of aromatic nitrogens is 1. The van der Waals surface area contributed by atoms with Crippen LogP contribution in [0.3, 0.4) is 0 Å². The maximum absolute atomic E-state index is 12.8. The van der Waals surface area contributed by atoms with Crippen molar-refractivity contribution in [2.75, 3.05) is 6.61 Å². The van der Waals surface area contributed by atoms with Crippen molar-refractivity contribution in [1.82, 2.24) is 9.88 Å². The summed E-state index contributed by atoms with van der Waals surface area (Å²) in [5.41, 5.74) is 2.43. The lowest BCUT2D eigenvalue weighted by molar-refractivity contribution is -0.124. The second-order valence-electron chi connectivity index (χ2n) is 5.67. The van der Waals surface area contributed by atoms with Gasteiger partial charge in [-0.15, -0.1) is 0 Å². The molecule has 25 heavy (non-hydrogen) atoms. The zero-order chi connectivity index (χ0) is 18.0. The number of nitrogens with one attached hydrogen (secondary N) is 1. The number of carbonyl (C=O) groups is 2. The molecule has 3 aromatic rings. The molecule has 0 aliphatic heterocycles. The van der Waals surface area contributed by atoms with E-state index in [1.54, 1.807) is 29.8 Å². The Hall–Kier alpha value is -3.09. The van der Waals surface area contributed by atoms with Gasteiger partial charge in [0, 0.05) is 25.7 Å². The Bertz CT molecular complexity index is 925. The van der Waals surface area contributed by atoms with E-state index in [0.29, 0.717) is 11.3 Å². The highest BCUT2D eigenvalue weighted by molar-refractivity contribution is 5.95. The molecule has 0 saturated heterocycles. The highest BCUT2D eigenvalue weighted by Crippen LogP contribution is 2.22. The molecule has 1 aromatic carbocycles. The van der Waals surface area contributed by atoms with E-state index in [2.05, 4.69) is 5.32 Å². The van der Waals surface area contributed by atoms with E-state index < -0.39 is 18.5 Å². The van der Waals surface area contributed by atoms with Crippen molar-refractivity contribution in [3.05, 3.63) is 59.2 Å². The van der Waals surface area contributed by atoms with Crippen LogP contribution in [-0.2, 0) is 23.1 Å². The molecule has 2 heterocycles. The number of carbonyl (C=O) groups excluding carboxylic acids is 2. The lowest BCUT2D eigenvalue weighted by Gasteiger charge is -2.07. The fourth-order valence-electron chi connectivity index (χ4n) is 2.49. The molecule has 6 nitrogen and oxygen atoms in total. The summed E-state index contributed by atoms with van der Waals surface area (Å²) in [6, 6.07) is 9.18. The van der Waals surface area contributed by atoms with Crippen LogP contribution in [0.25, 0.3) is 11.1 Å². The van der Waals surface area contributed by atoms with Crippen LogP contribution in [0.1, 0.15) is 21.8 Å². The van der Waals surface area contributed by atoms with Crippen molar-refractivity contribution in [2.45, 2.75) is 13.5 Å². The van der Waals surface area contributed by atoms with Crippen molar-refractivity contribution >= 4 is 23.0 Å². The Kier molecular flexibility index (Phi) is 4.56. The summed E-state index contributed by atoms with van der Waals surface area (Å²) in [7, 11) is 1.72. The van der Waals surface area contributed by atoms with Gasteiger partial charge in [-0.3, -0.25) is 4.79 Å². The summed E-state index contributed by atoms with van der Waals surface area (Å²) in [6.07, 6.45) is 0. The normalized spacial score (nSPS) is 10.8. The minimum absolute atomic E-state index is 0.229. The van der Waals surface area contributed by atoms with Crippen LogP contribution >= 0.6 is 0 Å². The van der Waals surface area contributed by atoms with Crippen LogP contribution in [-0.4, -0.2) is 23.1 Å². The summed E-state index contributed by atoms with van der Waals surface area (Å²) in [6.45, 7) is 1.65.